The van der Waals surface area contributed by atoms with Crippen LogP contribution in [-0.4, -0.2) is 41.1 Å². The molecule has 0 saturated carbocycles. The summed E-state index contributed by atoms with van der Waals surface area (Å²) in [6, 6.07) is 26.3. The van der Waals surface area contributed by atoms with Crippen LogP contribution in [-0.2, 0) is 9.59 Å². The van der Waals surface area contributed by atoms with Gasteiger partial charge in [-0.25, -0.2) is 0 Å². The van der Waals surface area contributed by atoms with E-state index in [4.69, 9.17) is 9.47 Å². The van der Waals surface area contributed by atoms with Gasteiger partial charge in [-0.2, -0.15) is 0 Å². The number of nitrogens with zero attached hydrogens (tertiary/aromatic N) is 1. The molecule has 1 heterocycles. The normalized spacial score (nSPS) is 12.9. The number of nitrogens with one attached hydrogen (secondary N) is 3. The van der Waals surface area contributed by atoms with E-state index < -0.39 is 22.0 Å². The number of benzene rings is 4. The zero-order chi connectivity index (χ0) is 31.8. The van der Waals surface area contributed by atoms with Crippen molar-refractivity contribution in [3.05, 3.63) is 124 Å². The molecule has 3 N–H and O–H groups in total. The summed E-state index contributed by atoms with van der Waals surface area (Å²) in [4.78, 5) is 51.1. The highest BCUT2D eigenvalue weighted by Gasteiger charge is 2.20. The number of thioether (sulfide) groups is 1. The maximum atomic E-state index is 13.5. The molecule has 0 bridgehead atoms. The molecule has 1 aliphatic rings. The summed E-state index contributed by atoms with van der Waals surface area (Å²) in [6.07, 6.45) is 1.26. The Morgan fingerprint density at radius 1 is 0.844 bits per heavy atom. The first kappa shape index (κ1) is 30.8. The van der Waals surface area contributed by atoms with Gasteiger partial charge in [-0.1, -0.05) is 36.4 Å². The second-order valence-electron chi connectivity index (χ2n) is 9.78. The van der Waals surface area contributed by atoms with E-state index in [1.165, 1.54) is 36.0 Å². The molecule has 45 heavy (non-hydrogen) atoms. The molecule has 0 aliphatic carbocycles. The van der Waals surface area contributed by atoms with Gasteiger partial charge in [-0.3, -0.25) is 24.5 Å². The summed E-state index contributed by atoms with van der Waals surface area (Å²) >= 11 is 1.29. The maximum absolute atomic E-state index is 13.5. The maximum Gasteiger partial charge on any atom is 0.276 e. The number of para-hydroxylation sites is 1. The summed E-state index contributed by atoms with van der Waals surface area (Å²) in [7, 11) is 0. The number of carbonyl (C=O) groups excluding carboxylic acids is 3. The van der Waals surface area contributed by atoms with Crippen LogP contribution >= 0.6 is 11.8 Å². The van der Waals surface area contributed by atoms with Crippen LogP contribution in [0.3, 0.4) is 0 Å². The van der Waals surface area contributed by atoms with E-state index in [1.54, 1.807) is 85.8 Å². The number of carbonyl (C=O) groups is 3. The lowest BCUT2D eigenvalue weighted by molar-refractivity contribution is -0.385. The first-order valence-corrected chi connectivity index (χ1v) is 14.7. The standard InChI is InChI=1S/C33H28N4O7S/c1-21(31(38)34-25-14-15-29-30(20-25)44-17-16-43-29)45-26-12-7-11-24(19-26)35-33(40)27(36-32(39)22-8-3-2-4-9-22)18-23-10-5-6-13-28(23)37(41)42/h2-15,18-21H,16-17H2,1H3,(H,34,38)(H,35,40)(H,36,39)/b27-18+. The first-order chi connectivity index (χ1) is 21.8. The number of hydrogen-bond acceptors (Lipinski definition) is 8. The Morgan fingerprint density at radius 3 is 2.33 bits per heavy atom. The van der Waals surface area contributed by atoms with Gasteiger partial charge in [0.2, 0.25) is 5.91 Å². The van der Waals surface area contributed by atoms with Gasteiger partial charge in [-0.15, -0.1) is 11.8 Å². The van der Waals surface area contributed by atoms with Crippen molar-refractivity contribution in [3.63, 3.8) is 0 Å². The van der Waals surface area contributed by atoms with Gasteiger partial charge >= 0.3 is 0 Å². The number of fused-ring (bicyclic) bond motifs is 1. The van der Waals surface area contributed by atoms with Crippen LogP contribution in [0.25, 0.3) is 6.08 Å². The quantitative estimate of drug-likeness (QED) is 0.0856. The summed E-state index contributed by atoms with van der Waals surface area (Å²) in [5.41, 5.74) is 1.01. The smallest absolute Gasteiger partial charge is 0.276 e. The second kappa shape index (κ2) is 14.2. The molecule has 1 atom stereocenters. The lowest BCUT2D eigenvalue weighted by Crippen LogP contribution is -2.30. The lowest BCUT2D eigenvalue weighted by Gasteiger charge is -2.19. The molecule has 228 valence electrons. The molecule has 0 saturated heterocycles. The van der Waals surface area contributed by atoms with Gasteiger partial charge in [0.15, 0.2) is 11.5 Å². The van der Waals surface area contributed by atoms with Crippen LogP contribution in [0, 0.1) is 10.1 Å². The van der Waals surface area contributed by atoms with Crippen molar-refractivity contribution in [2.24, 2.45) is 0 Å². The van der Waals surface area contributed by atoms with Crippen molar-refractivity contribution < 1.29 is 28.8 Å². The van der Waals surface area contributed by atoms with E-state index in [0.717, 1.165) is 0 Å². The Bertz CT molecular complexity index is 1780. The summed E-state index contributed by atoms with van der Waals surface area (Å²) in [5.74, 6) is -0.288. The average Bonchev–Trinajstić information content (AvgIpc) is 3.05. The largest absolute Gasteiger partial charge is 0.486 e. The van der Waals surface area contributed by atoms with Crippen LogP contribution in [0.1, 0.15) is 22.8 Å². The number of nitro benzene ring substituents is 1. The van der Waals surface area contributed by atoms with E-state index >= 15 is 0 Å². The highest BCUT2D eigenvalue weighted by Crippen LogP contribution is 2.33. The van der Waals surface area contributed by atoms with E-state index in [2.05, 4.69) is 16.0 Å². The Labute approximate surface area is 262 Å². The van der Waals surface area contributed by atoms with Gasteiger partial charge in [0.25, 0.3) is 17.5 Å². The Hall–Kier alpha value is -5.62. The topological polar surface area (TPSA) is 149 Å². The van der Waals surface area contributed by atoms with E-state index in [-0.39, 0.29) is 22.9 Å². The highest BCUT2D eigenvalue weighted by molar-refractivity contribution is 8.00. The number of hydrogen-bond donors (Lipinski definition) is 3. The van der Waals surface area contributed by atoms with Gasteiger partial charge < -0.3 is 25.4 Å². The average molecular weight is 625 g/mol. The lowest BCUT2D eigenvalue weighted by atomic mass is 10.1. The second-order valence-corrected chi connectivity index (χ2v) is 11.2. The molecular formula is C33H28N4O7S. The van der Waals surface area contributed by atoms with Crippen molar-refractivity contribution in [1.29, 1.82) is 0 Å². The van der Waals surface area contributed by atoms with Gasteiger partial charge in [0.1, 0.15) is 18.9 Å². The first-order valence-electron chi connectivity index (χ1n) is 13.9. The van der Waals surface area contributed by atoms with Crippen molar-refractivity contribution >= 4 is 52.6 Å². The zero-order valence-electron chi connectivity index (χ0n) is 24.0. The molecule has 3 amide bonds. The predicted molar refractivity (Wildman–Crippen MR) is 171 cm³/mol. The Kier molecular flexibility index (Phi) is 9.75. The van der Waals surface area contributed by atoms with Crippen LogP contribution in [0.5, 0.6) is 11.5 Å². The molecule has 5 rings (SSSR count). The van der Waals surface area contributed by atoms with Crippen molar-refractivity contribution in [3.8, 4) is 11.5 Å². The van der Waals surface area contributed by atoms with Crippen LogP contribution in [0.4, 0.5) is 17.1 Å². The number of anilines is 2. The third kappa shape index (κ3) is 8.06. The van der Waals surface area contributed by atoms with E-state index in [0.29, 0.717) is 46.5 Å². The number of rotatable bonds is 10. The molecule has 0 radical (unpaired) electrons. The summed E-state index contributed by atoms with van der Waals surface area (Å²) < 4.78 is 11.1. The highest BCUT2D eigenvalue weighted by atomic mass is 32.2. The third-order valence-electron chi connectivity index (χ3n) is 6.55. The molecular weight excluding hydrogens is 596 g/mol. The molecule has 4 aromatic carbocycles. The minimum absolute atomic E-state index is 0.142. The van der Waals surface area contributed by atoms with Crippen molar-refractivity contribution in [1.82, 2.24) is 5.32 Å². The summed E-state index contributed by atoms with van der Waals surface area (Å²) in [6.45, 7) is 2.67. The predicted octanol–water partition coefficient (Wildman–Crippen LogP) is 5.89. The number of nitro groups is 1. The molecule has 0 aromatic heterocycles. The van der Waals surface area contributed by atoms with Gasteiger partial charge in [0, 0.05) is 34.0 Å². The zero-order valence-corrected chi connectivity index (χ0v) is 24.8. The number of amides is 3. The van der Waals surface area contributed by atoms with Crippen LogP contribution in [0.2, 0.25) is 0 Å². The Balaban J connectivity index is 1.30. The van der Waals surface area contributed by atoms with Crippen molar-refractivity contribution in [2.45, 2.75) is 17.1 Å². The van der Waals surface area contributed by atoms with Gasteiger partial charge in [-0.05, 0) is 61.5 Å². The van der Waals surface area contributed by atoms with E-state index in [9.17, 15) is 24.5 Å². The third-order valence-corrected chi connectivity index (χ3v) is 7.64. The monoisotopic (exact) mass is 624 g/mol. The molecule has 1 unspecified atom stereocenters. The minimum Gasteiger partial charge on any atom is -0.486 e. The fourth-order valence-electron chi connectivity index (χ4n) is 4.34. The van der Waals surface area contributed by atoms with Crippen LogP contribution in [0.15, 0.2) is 108 Å². The fraction of sp³-hybridized carbons (Fsp3) is 0.121. The molecule has 11 nitrogen and oxygen atoms in total. The van der Waals surface area contributed by atoms with E-state index in [1.807, 2.05) is 0 Å². The Morgan fingerprint density at radius 2 is 1.56 bits per heavy atom. The fourth-order valence-corrected chi connectivity index (χ4v) is 5.27. The minimum atomic E-state index is -0.691. The molecule has 0 fully saturated rings. The van der Waals surface area contributed by atoms with Crippen molar-refractivity contribution in [2.75, 3.05) is 23.8 Å². The molecule has 12 heteroatoms. The van der Waals surface area contributed by atoms with Gasteiger partial charge in [0.05, 0.1) is 15.7 Å². The molecule has 1 aliphatic heterocycles. The molecule has 0 spiro atoms. The number of ether oxygens (including phenoxy) is 2. The van der Waals surface area contributed by atoms with Crippen LogP contribution < -0.4 is 25.4 Å². The summed E-state index contributed by atoms with van der Waals surface area (Å²) in [5, 5.41) is 19.3. The molecule has 4 aromatic rings. The SMILES string of the molecule is CC(Sc1cccc(NC(=O)/C(=C\c2ccccc2[N+](=O)[O-])NC(=O)c2ccccc2)c1)C(=O)Nc1ccc2c(c1)OCCO2.